The third-order valence-corrected chi connectivity index (χ3v) is 5.88. The molecule has 1 aliphatic heterocycles. The van der Waals surface area contributed by atoms with E-state index in [0.29, 0.717) is 24.4 Å². The van der Waals surface area contributed by atoms with Crippen LogP contribution in [0.3, 0.4) is 0 Å². The van der Waals surface area contributed by atoms with Gasteiger partial charge in [0.05, 0.1) is 19.3 Å². The van der Waals surface area contributed by atoms with E-state index >= 15 is 0 Å². The largest absolute Gasteiger partial charge is 0.490 e. The summed E-state index contributed by atoms with van der Waals surface area (Å²) in [6.45, 7) is 5.31. The third-order valence-electron chi connectivity index (χ3n) is 5.88. The quantitative estimate of drug-likeness (QED) is 0.352. The average molecular weight is 433 g/mol. The molecule has 0 spiro atoms. The standard InChI is InChI=1S/C26H34F2O3/c1-3-5-7-22-14-10-20(17-30-22)19-8-12-23(13-9-19)31-18-21-11-15-24(26(28)25(21)27)29-16-6-4-2/h8-9,11-13,15,20,22H,3-7,10,14,16-18H2,1-2H3. The summed E-state index contributed by atoms with van der Waals surface area (Å²) in [5, 5.41) is 0. The third kappa shape index (κ3) is 6.67. The minimum Gasteiger partial charge on any atom is -0.490 e. The highest BCUT2D eigenvalue weighted by molar-refractivity contribution is 5.33. The predicted octanol–water partition coefficient (Wildman–Crippen LogP) is 7.18. The summed E-state index contributed by atoms with van der Waals surface area (Å²) < 4.78 is 45.6. The molecular formula is C26H34F2O3. The second-order valence-corrected chi connectivity index (χ2v) is 8.28. The molecule has 2 aromatic rings. The fourth-order valence-corrected chi connectivity index (χ4v) is 3.85. The first kappa shape index (κ1) is 23.5. The molecule has 3 nitrogen and oxygen atoms in total. The van der Waals surface area contributed by atoms with Crippen molar-refractivity contribution in [3.05, 3.63) is 59.2 Å². The summed E-state index contributed by atoms with van der Waals surface area (Å²) in [7, 11) is 0. The Labute approximate surface area is 184 Å². The van der Waals surface area contributed by atoms with Crippen molar-refractivity contribution in [2.45, 2.75) is 77.4 Å². The van der Waals surface area contributed by atoms with Crippen LogP contribution in [-0.2, 0) is 11.3 Å². The highest BCUT2D eigenvalue weighted by Crippen LogP contribution is 2.31. The van der Waals surface area contributed by atoms with Gasteiger partial charge in [-0.15, -0.1) is 0 Å². The SMILES string of the molecule is CCCCOc1ccc(COc2ccc(C3CCC(CCCC)OC3)cc2)c(F)c1F. The first-order chi connectivity index (χ1) is 15.1. The fourth-order valence-electron chi connectivity index (χ4n) is 3.85. The summed E-state index contributed by atoms with van der Waals surface area (Å²) >= 11 is 0. The van der Waals surface area contributed by atoms with E-state index in [0.717, 1.165) is 38.7 Å². The number of halogens is 2. The molecule has 170 valence electrons. The Morgan fingerprint density at radius 1 is 0.903 bits per heavy atom. The van der Waals surface area contributed by atoms with E-state index in [1.165, 1.54) is 30.5 Å². The Kier molecular flexibility index (Phi) is 9.13. The molecule has 1 fully saturated rings. The van der Waals surface area contributed by atoms with E-state index in [1.807, 2.05) is 31.2 Å². The van der Waals surface area contributed by atoms with Crippen LogP contribution in [0.2, 0.25) is 0 Å². The predicted molar refractivity (Wildman–Crippen MR) is 119 cm³/mol. The van der Waals surface area contributed by atoms with Crippen molar-refractivity contribution in [2.75, 3.05) is 13.2 Å². The summed E-state index contributed by atoms with van der Waals surface area (Å²) in [4.78, 5) is 0. The van der Waals surface area contributed by atoms with Crippen LogP contribution in [0.1, 0.15) is 75.8 Å². The molecule has 2 aromatic carbocycles. The van der Waals surface area contributed by atoms with Gasteiger partial charge in [0.2, 0.25) is 5.82 Å². The zero-order chi connectivity index (χ0) is 22.1. The van der Waals surface area contributed by atoms with Crippen LogP contribution < -0.4 is 9.47 Å². The van der Waals surface area contributed by atoms with Crippen molar-refractivity contribution in [2.24, 2.45) is 0 Å². The van der Waals surface area contributed by atoms with Crippen LogP contribution >= 0.6 is 0 Å². The Balaban J connectivity index is 1.51. The van der Waals surface area contributed by atoms with Crippen molar-refractivity contribution in [3.63, 3.8) is 0 Å². The molecular weight excluding hydrogens is 398 g/mol. The number of ether oxygens (including phenoxy) is 3. The summed E-state index contributed by atoms with van der Waals surface area (Å²) in [6, 6.07) is 10.8. The van der Waals surface area contributed by atoms with Crippen molar-refractivity contribution in [1.29, 1.82) is 0 Å². The van der Waals surface area contributed by atoms with Gasteiger partial charge in [0.1, 0.15) is 12.4 Å². The average Bonchev–Trinajstić information content (AvgIpc) is 2.81. The van der Waals surface area contributed by atoms with Crippen molar-refractivity contribution in [1.82, 2.24) is 0 Å². The van der Waals surface area contributed by atoms with Gasteiger partial charge in [0, 0.05) is 11.5 Å². The van der Waals surface area contributed by atoms with Crippen LogP contribution in [0.15, 0.2) is 36.4 Å². The lowest BCUT2D eigenvalue weighted by Gasteiger charge is -2.29. The van der Waals surface area contributed by atoms with E-state index in [4.69, 9.17) is 14.2 Å². The van der Waals surface area contributed by atoms with E-state index in [-0.39, 0.29) is 17.9 Å². The molecule has 31 heavy (non-hydrogen) atoms. The summed E-state index contributed by atoms with van der Waals surface area (Å²) in [6.07, 6.45) is 7.95. The monoisotopic (exact) mass is 432 g/mol. The van der Waals surface area contributed by atoms with E-state index in [2.05, 4.69) is 6.92 Å². The minimum absolute atomic E-state index is 0.0387. The van der Waals surface area contributed by atoms with Gasteiger partial charge in [-0.1, -0.05) is 45.2 Å². The lowest BCUT2D eigenvalue weighted by Crippen LogP contribution is -2.24. The molecule has 3 rings (SSSR count). The molecule has 0 aliphatic carbocycles. The molecule has 0 radical (unpaired) electrons. The second-order valence-electron chi connectivity index (χ2n) is 8.28. The molecule has 1 heterocycles. The fraction of sp³-hybridized carbons (Fsp3) is 0.538. The van der Waals surface area contributed by atoms with Crippen molar-refractivity contribution >= 4 is 0 Å². The molecule has 0 amide bonds. The highest BCUT2D eigenvalue weighted by Gasteiger charge is 2.22. The number of unbranched alkanes of at least 4 members (excludes halogenated alkanes) is 2. The van der Waals surface area contributed by atoms with E-state index in [1.54, 1.807) is 0 Å². The first-order valence-corrected chi connectivity index (χ1v) is 11.6. The second kappa shape index (κ2) is 12.0. The maximum atomic E-state index is 14.3. The van der Waals surface area contributed by atoms with E-state index < -0.39 is 11.6 Å². The normalized spacial score (nSPS) is 18.7. The van der Waals surface area contributed by atoms with Crippen LogP contribution in [0.4, 0.5) is 8.78 Å². The van der Waals surface area contributed by atoms with Gasteiger partial charge < -0.3 is 14.2 Å². The molecule has 1 saturated heterocycles. The van der Waals surface area contributed by atoms with Gasteiger partial charge in [-0.2, -0.15) is 4.39 Å². The zero-order valence-corrected chi connectivity index (χ0v) is 18.7. The molecule has 1 aliphatic rings. The highest BCUT2D eigenvalue weighted by atomic mass is 19.2. The molecule has 2 atom stereocenters. The van der Waals surface area contributed by atoms with Gasteiger partial charge in [-0.25, -0.2) is 4.39 Å². The van der Waals surface area contributed by atoms with Gasteiger partial charge in [0.25, 0.3) is 0 Å². The lowest BCUT2D eigenvalue weighted by molar-refractivity contribution is -0.00190. The Morgan fingerprint density at radius 3 is 2.35 bits per heavy atom. The Hall–Kier alpha value is -2.14. The van der Waals surface area contributed by atoms with Crippen LogP contribution in [0.5, 0.6) is 11.5 Å². The van der Waals surface area contributed by atoms with E-state index in [9.17, 15) is 8.78 Å². The number of benzene rings is 2. The van der Waals surface area contributed by atoms with Crippen LogP contribution in [0.25, 0.3) is 0 Å². The maximum absolute atomic E-state index is 14.3. The summed E-state index contributed by atoms with van der Waals surface area (Å²) in [5.74, 6) is -0.890. The molecule has 0 N–H and O–H groups in total. The number of hydrogen-bond acceptors (Lipinski definition) is 3. The smallest absolute Gasteiger partial charge is 0.201 e. The zero-order valence-electron chi connectivity index (χ0n) is 18.7. The van der Waals surface area contributed by atoms with Gasteiger partial charge in [-0.3, -0.25) is 0 Å². The van der Waals surface area contributed by atoms with Crippen LogP contribution in [-0.4, -0.2) is 19.3 Å². The lowest BCUT2D eigenvalue weighted by atomic mass is 9.90. The number of rotatable bonds is 11. The topological polar surface area (TPSA) is 27.7 Å². The van der Waals surface area contributed by atoms with Crippen LogP contribution in [0, 0.1) is 11.6 Å². The Bertz CT molecular complexity index is 799. The van der Waals surface area contributed by atoms with Crippen molar-refractivity contribution in [3.8, 4) is 11.5 Å². The number of hydrogen-bond donors (Lipinski definition) is 0. The molecule has 2 unspecified atom stereocenters. The molecule has 5 heteroatoms. The van der Waals surface area contributed by atoms with Gasteiger partial charge >= 0.3 is 0 Å². The minimum atomic E-state index is -0.956. The Morgan fingerprint density at radius 2 is 1.68 bits per heavy atom. The molecule has 0 saturated carbocycles. The molecule has 0 bridgehead atoms. The van der Waals surface area contributed by atoms with Gasteiger partial charge in [-0.05, 0) is 55.5 Å². The van der Waals surface area contributed by atoms with Gasteiger partial charge in [0.15, 0.2) is 11.6 Å². The maximum Gasteiger partial charge on any atom is 0.201 e. The first-order valence-electron chi connectivity index (χ1n) is 11.6. The van der Waals surface area contributed by atoms with Crippen molar-refractivity contribution < 1.29 is 23.0 Å². The molecule has 0 aromatic heterocycles. The summed E-state index contributed by atoms with van der Waals surface area (Å²) in [5.41, 5.74) is 1.40.